The van der Waals surface area contributed by atoms with Gasteiger partial charge in [-0.25, -0.2) is 4.68 Å². The lowest BCUT2D eigenvalue weighted by atomic mass is 10.1. The first-order chi connectivity index (χ1) is 7.74. The van der Waals surface area contributed by atoms with Gasteiger partial charge in [0.15, 0.2) is 0 Å². The van der Waals surface area contributed by atoms with Crippen LogP contribution in [0.25, 0.3) is 11.3 Å². The first kappa shape index (κ1) is 10.7. The van der Waals surface area contributed by atoms with E-state index in [-0.39, 0.29) is 5.88 Å². The van der Waals surface area contributed by atoms with Crippen LogP contribution in [0.1, 0.15) is 18.9 Å². The topological polar surface area (TPSA) is 38.0 Å². The van der Waals surface area contributed by atoms with Crippen LogP contribution in [0.15, 0.2) is 30.3 Å². The van der Waals surface area contributed by atoms with Gasteiger partial charge in [0, 0.05) is 17.7 Å². The predicted molar refractivity (Wildman–Crippen MR) is 64.4 cm³/mol. The van der Waals surface area contributed by atoms with Gasteiger partial charge in [-0.15, -0.1) is 0 Å². The summed E-state index contributed by atoms with van der Waals surface area (Å²) in [4.78, 5) is 0. The molecule has 0 aliphatic rings. The Balaban J connectivity index is 2.46. The second kappa shape index (κ2) is 4.39. The molecule has 0 unspecified atom stereocenters. The highest BCUT2D eigenvalue weighted by molar-refractivity contribution is 5.64. The lowest BCUT2D eigenvalue weighted by Crippen LogP contribution is -1.98. The molecule has 2 rings (SSSR count). The number of aromatic hydroxyl groups is 1. The fourth-order valence-corrected chi connectivity index (χ4v) is 1.78. The summed E-state index contributed by atoms with van der Waals surface area (Å²) in [6, 6.07) is 9.94. The maximum Gasteiger partial charge on any atom is 0.212 e. The fourth-order valence-electron chi connectivity index (χ4n) is 1.78. The van der Waals surface area contributed by atoms with Gasteiger partial charge < -0.3 is 5.11 Å². The van der Waals surface area contributed by atoms with Crippen molar-refractivity contribution in [3.63, 3.8) is 0 Å². The summed E-state index contributed by atoms with van der Waals surface area (Å²) >= 11 is 0. The minimum Gasteiger partial charge on any atom is -0.493 e. The Morgan fingerprint density at radius 2 is 1.94 bits per heavy atom. The number of aromatic nitrogens is 2. The van der Waals surface area contributed by atoms with Gasteiger partial charge in [-0.1, -0.05) is 37.3 Å². The standard InChI is InChI=1S/C13H16N2O/c1-3-9-15-13(16)10(2)12(14-15)11-7-5-4-6-8-11/h4-8,16H,3,9H2,1-2H3. The maximum absolute atomic E-state index is 9.91. The molecule has 1 N–H and O–H groups in total. The van der Waals surface area contributed by atoms with Crippen molar-refractivity contribution in [3.05, 3.63) is 35.9 Å². The summed E-state index contributed by atoms with van der Waals surface area (Å²) in [6.07, 6.45) is 0.961. The summed E-state index contributed by atoms with van der Waals surface area (Å²) in [6.45, 7) is 4.72. The molecule has 0 fully saturated rings. The molecule has 0 amide bonds. The smallest absolute Gasteiger partial charge is 0.212 e. The van der Waals surface area contributed by atoms with E-state index in [0.717, 1.165) is 29.8 Å². The third kappa shape index (κ3) is 1.81. The molecule has 0 radical (unpaired) electrons. The number of nitrogens with zero attached hydrogens (tertiary/aromatic N) is 2. The zero-order chi connectivity index (χ0) is 11.5. The van der Waals surface area contributed by atoms with Crippen LogP contribution < -0.4 is 0 Å². The highest BCUT2D eigenvalue weighted by Crippen LogP contribution is 2.28. The van der Waals surface area contributed by atoms with Crippen LogP contribution >= 0.6 is 0 Å². The summed E-state index contributed by atoms with van der Waals surface area (Å²) in [7, 11) is 0. The minimum atomic E-state index is 0.278. The Morgan fingerprint density at radius 1 is 1.25 bits per heavy atom. The van der Waals surface area contributed by atoms with E-state index in [1.807, 2.05) is 37.3 Å². The Hall–Kier alpha value is -1.77. The van der Waals surface area contributed by atoms with Crippen LogP contribution in [0, 0.1) is 6.92 Å². The van der Waals surface area contributed by atoms with Gasteiger partial charge in [0.05, 0.1) is 5.69 Å². The van der Waals surface area contributed by atoms with E-state index in [1.54, 1.807) is 4.68 Å². The highest BCUT2D eigenvalue weighted by atomic mass is 16.3. The summed E-state index contributed by atoms with van der Waals surface area (Å²) in [5.41, 5.74) is 2.76. The molecular weight excluding hydrogens is 200 g/mol. The molecule has 16 heavy (non-hydrogen) atoms. The average Bonchev–Trinajstić information content (AvgIpc) is 2.59. The molecule has 0 atom stereocenters. The highest BCUT2D eigenvalue weighted by Gasteiger charge is 2.13. The molecule has 0 saturated heterocycles. The number of hydrogen-bond acceptors (Lipinski definition) is 2. The summed E-state index contributed by atoms with van der Waals surface area (Å²) in [5, 5.41) is 14.3. The molecule has 1 aromatic carbocycles. The van der Waals surface area contributed by atoms with Crippen molar-refractivity contribution in [2.75, 3.05) is 0 Å². The molecule has 0 saturated carbocycles. The second-order valence-electron chi connectivity index (χ2n) is 3.89. The summed E-state index contributed by atoms with van der Waals surface area (Å²) < 4.78 is 1.66. The fraction of sp³-hybridized carbons (Fsp3) is 0.308. The SMILES string of the molecule is CCCn1nc(-c2ccccc2)c(C)c1O. The van der Waals surface area contributed by atoms with Crippen molar-refractivity contribution in [1.82, 2.24) is 9.78 Å². The average molecular weight is 216 g/mol. The van der Waals surface area contributed by atoms with Crippen molar-refractivity contribution in [1.29, 1.82) is 0 Å². The van der Waals surface area contributed by atoms with Gasteiger partial charge in [-0.2, -0.15) is 5.10 Å². The molecule has 0 spiro atoms. The molecule has 1 heterocycles. The molecule has 0 aliphatic carbocycles. The molecule has 84 valence electrons. The first-order valence-corrected chi connectivity index (χ1v) is 5.55. The number of rotatable bonds is 3. The van der Waals surface area contributed by atoms with Crippen molar-refractivity contribution >= 4 is 0 Å². The Labute approximate surface area is 95.3 Å². The van der Waals surface area contributed by atoms with Crippen LogP contribution in [0.5, 0.6) is 5.88 Å². The van der Waals surface area contributed by atoms with Gasteiger partial charge in [0.1, 0.15) is 0 Å². The quantitative estimate of drug-likeness (QED) is 0.856. The minimum absolute atomic E-state index is 0.278. The van der Waals surface area contributed by atoms with Gasteiger partial charge in [0.2, 0.25) is 5.88 Å². The van der Waals surface area contributed by atoms with Crippen molar-refractivity contribution in [2.24, 2.45) is 0 Å². The second-order valence-corrected chi connectivity index (χ2v) is 3.89. The first-order valence-electron chi connectivity index (χ1n) is 5.55. The Morgan fingerprint density at radius 3 is 2.56 bits per heavy atom. The number of benzene rings is 1. The predicted octanol–water partition coefficient (Wildman–Crippen LogP) is 2.97. The van der Waals surface area contributed by atoms with Gasteiger partial charge in [-0.3, -0.25) is 0 Å². The zero-order valence-electron chi connectivity index (χ0n) is 9.64. The van der Waals surface area contributed by atoms with Crippen molar-refractivity contribution in [3.8, 4) is 17.1 Å². The monoisotopic (exact) mass is 216 g/mol. The van der Waals surface area contributed by atoms with Gasteiger partial charge >= 0.3 is 0 Å². The number of hydrogen-bond donors (Lipinski definition) is 1. The lowest BCUT2D eigenvalue weighted by Gasteiger charge is -1.98. The molecule has 3 nitrogen and oxygen atoms in total. The van der Waals surface area contributed by atoms with Crippen molar-refractivity contribution in [2.45, 2.75) is 26.8 Å². The van der Waals surface area contributed by atoms with Gasteiger partial charge in [0.25, 0.3) is 0 Å². The maximum atomic E-state index is 9.91. The Bertz CT molecular complexity index is 474. The van der Waals surface area contributed by atoms with Gasteiger partial charge in [-0.05, 0) is 13.3 Å². The van der Waals surface area contributed by atoms with Crippen molar-refractivity contribution < 1.29 is 5.11 Å². The zero-order valence-corrected chi connectivity index (χ0v) is 9.64. The van der Waals surface area contributed by atoms with E-state index < -0.39 is 0 Å². The largest absolute Gasteiger partial charge is 0.493 e. The number of aryl methyl sites for hydroxylation is 1. The molecule has 0 bridgehead atoms. The van der Waals surface area contributed by atoms with Crippen LogP contribution in [0.2, 0.25) is 0 Å². The molecule has 2 aromatic rings. The van der Waals surface area contributed by atoms with E-state index in [2.05, 4.69) is 12.0 Å². The van der Waals surface area contributed by atoms with Crippen LogP contribution in [-0.4, -0.2) is 14.9 Å². The van der Waals surface area contributed by atoms with E-state index >= 15 is 0 Å². The van der Waals surface area contributed by atoms with Crippen LogP contribution in [-0.2, 0) is 6.54 Å². The molecular formula is C13H16N2O. The molecule has 1 aromatic heterocycles. The summed E-state index contributed by atoms with van der Waals surface area (Å²) in [5.74, 6) is 0.278. The molecule has 0 aliphatic heterocycles. The normalized spacial score (nSPS) is 10.6. The van der Waals surface area contributed by atoms with E-state index in [4.69, 9.17) is 0 Å². The lowest BCUT2D eigenvalue weighted by molar-refractivity contribution is 0.394. The molecule has 3 heteroatoms. The van der Waals surface area contributed by atoms with E-state index in [9.17, 15) is 5.11 Å². The van der Waals surface area contributed by atoms with Crippen LogP contribution in [0.4, 0.5) is 0 Å². The third-order valence-corrected chi connectivity index (χ3v) is 2.64. The van der Waals surface area contributed by atoms with Crippen LogP contribution in [0.3, 0.4) is 0 Å². The van der Waals surface area contributed by atoms with E-state index in [1.165, 1.54) is 0 Å². The third-order valence-electron chi connectivity index (χ3n) is 2.64. The van der Waals surface area contributed by atoms with E-state index in [0.29, 0.717) is 0 Å². The Kier molecular flexibility index (Phi) is 2.95.